The number of halogens is 1. The summed E-state index contributed by atoms with van der Waals surface area (Å²) in [5.74, 6) is 0. The van der Waals surface area contributed by atoms with Crippen LogP contribution in [0.15, 0.2) is 64.3 Å². The molecule has 3 aromatic rings. The van der Waals surface area contributed by atoms with Crippen molar-refractivity contribution in [3.63, 3.8) is 0 Å². The third kappa shape index (κ3) is 4.77. The molecule has 0 saturated heterocycles. The van der Waals surface area contributed by atoms with Crippen molar-refractivity contribution in [1.82, 2.24) is 19.1 Å². The number of nitrogens with one attached hydrogen (secondary N) is 1. The van der Waals surface area contributed by atoms with Gasteiger partial charge in [0.2, 0.25) is 0 Å². The lowest BCUT2D eigenvalue weighted by atomic mass is 10.2. The van der Waals surface area contributed by atoms with E-state index in [-0.39, 0.29) is 13.1 Å². The van der Waals surface area contributed by atoms with Gasteiger partial charge in [0, 0.05) is 22.8 Å². The third-order valence-corrected chi connectivity index (χ3v) is 4.40. The molecule has 8 nitrogen and oxygen atoms in total. The van der Waals surface area contributed by atoms with Crippen LogP contribution in [-0.4, -0.2) is 23.1 Å². The minimum atomic E-state index is -2.39. The highest BCUT2D eigenvalue weighted by Crippen LogP contribution is 2.10. The predicted molar refractivity (Wildman–Crippen MR) is 100 cm³/mol. The molecule has 1 heterocycles. The van der Waals surface area contributed by atoms with Gasteiger partial charge in [0.25, 0.3) is 5.56 Å². The van der Waals surface area contributed by atoms with E-state index in [0.29, 0.717) is 16.3 Å². The molecule has 1 aromatic heterocycles. The summed E-state index contributed by atoms with van der Waals surface area (Å²) >= 11 is 3.46. The van der Waals surface area contributed by atoms with Crippen LogP contribution in [0.5, 0.6) is 0 Å². The lowest BCUT2D eigenvalue weighted by Crippen LogP contribution is -2.40. The minimum Gasteiger partial charge on any atom is -0.760 e. The molecule has 0 bridgehead atoms. The first kappa shape index (κ1) is 19.2. The summed E-state index contributed by atoms with van der Waals surface area (Å²) < 4.78 is 25.7. The van der Waals surface area contributed by atoms with Gasteiger partial charge in [-0.25, -0.2) is 9.52 Å². The highest BCUT2D eigenvalue weighted by Gasteiger charge is 2.09. The molecule has 0 saturated carbocycles. The van der Waals surface area contributed by atoms with Crippen molar-refractivity contribution in [2.75, 3.05) is 0 Å². The fourth-order valence-corrected chi connectivity index (χ4v) is 2.88. The fraction of sp³-hybridized carbons (Fsp3) is 0.118. The van der Waals surface area contributed by atoms with E-state index in [0.717, 1.165) is 21.0 Å². The Morgan fingerprint density at radius 1 is 1.11 bits per heavy atom. The van der Waals surface area contributed by atoms with E-state index in [1.807, 2.05) is 0 Å². The first-order valence-corrected chi connectivity index (χ1v) is 9.25. The summed E-state index contributed by atoms with van der Waals surface area (Å²) in [6, 6.07) is 13.5. The molecule has 0 spiro atoms. The SMILES string of the molecule is O=c1cnn(-c2cccc(CNS(=O)[O-])c2)c(=O)n1Cc1ccc(Cl)cc1. The number of benzene rings is 2. The molecular weight excluding hydrogens is 392 g/mol. The molecule has 140 valence electrons. The second-order valence-electron chi connectivity index (χ2n) is 5.62. The Kier molecular flexibility index (Phi) is 5.97. The van der Waals surface area contributed by atoms with Crippen LogP contribution in [0.2, 0.25) is 5.02 Å². The first-order chi connectivity index (χ1) is 12.9. The maximum Gasteiger partial charge on any atom is 0.352 e. The Morgan fingerprint density at radius 3 is 2.56 bits per heavy atom. The second-order valence-corrected chi connectivity index (χ2v) is 6.81. The van der Waals surface area contributed by atoms with Gasteiger partial charge in [-0.3, -0.25) is 13.6 Å². The predicted octanol–water partition coefficient (Wildman–Crippen LogP) is 0.980. The van der Waals surface area contributed by atoms with E-state index < -0.39 is 22.5 Å². The van der Waals surface area contributed by atoms with Crippen LogP contribution in [-0.2, 0) is 24.4 Å². The van der Waals surface area contributed by atoms with Crippen LogP contribution in [0.4, 0.5) is 0 Å². The van der Waals surface area contributed by atoms with Crippen molar-refractivity contribution in [2.24, 2.45) is 0 Å². The molecule has 27 heavy (non-hydrogen) atoms. The van der Waals surface area contributed by atoms with Gasteiger partial charge in [0.15, 0.2) is 0 Å². The molecule has 0 radical (unpaired) electrons. The highest BCUT2D eigenvalue weighted by molar-refractivity contribution is 7.77. The summed E-state index contributed by atoms with van der Waals surface area (Å²) in [6.45, 7) is 0.150. The maximum atomic E-state index is 12.8. The van der Waals surface area contributed by atoms with Gasteiger partial charge in [-0.15, -0.1) is 0 Å². The monoisotopic (exact) mass is 405 g/mol. The van der Waals surface area contributed by atoms with E-state index in [1.165, 1.54) is 0 Å². The zero-order chi connectivity index (χ0) is 19.4. The molecule has 3 rings (SSSR count). The Hall–Kier alpha value is -2.59. The molecule has 1 unspecified atom stereocenters. The van der Waals surface area contributed by atoms with Gasteiger partial charge in [-0.1, -0.05) is 35.9 Å². The van der Waals surface area contributed by atoms with Gasteiger partial charge in [-0.05, 0) is 35.4 Å². The largest absolute Gasteiger partial charge is 0.760 e. The van der Waals surface area contributed by atoms with E-state index >= 15 is 0 Å². The first-order valence-electron chi connectivity index (χ1n) is 7.80. The highest BCUT2D eigenvalue weighted by atomic mass is 35.5. The van der Waals surface area contributed by atoms with Crippen LogP contribution in [0.1, 0.15) is 11.1 Å². The average Bonchev–Trinajstić information content (AvgIpc) is 2.65. The second kappa shape index (κ2) is 8.40. The lowest BCUT2D eigenvalue weighted by molar-refractivity contribution is 0.522. The molecule has 0 amide bonds. The Balaban J connectivity index is 1.97. The van der Waals surface area contributed by atoms with Crippen LogP contribution >= 0.6 is 11.6 Å². The van der Waals surface area contributed by atoms with Crippen LogP contribution in [0, 0.1) is 0 Å². The number of nitrogens with zero attached hydrogens (tertiary/aromatic N) is 3. The summed E-state index contributed by atoms with van der Waals surface area (Å²) in [6.07, 6.45) is 1.06. The van der Waals surface area contributed by atoms with Crippen molar-refractivity contribution < 1.29 is 8.76 Å². The maximum absolute atomic E-state index is 12.8. The van der Waals surface area contributed by atoms with Gasteiger partial charge in [-0.2, -0.15) is 9.78 Å². The smallest absolute Gasteiger partial charge is 0.352 e. The molecule has 10 heteroatoms. The summed E-state index contributed by atoms with van der Waals surface area (Å²) in [5.41, 5.74) is 0.676. The van der Waals surface area contributed by atoms with Gasteiger partial charge in [0.1, 0.15) is 6.20 Å². The summed E-state index contributed by atoms with van der Waals surface area (Å²) in [4.78, 5) is 24.9. The average molecular weight is 406 g/mol. The lowest BCUT2D eigenvalue weighted by Gasteiger charge is -2.11. The van der Waals surface area contributed by atoms with Gasteiger partial charge >= 0.3 is 5.69 Å². The normalized spacial score (nSPS) is 12.1. The molecule has 0 aliphatic heterocycles. The Labute approximate surface area is 161 Å². The number of hydrogen-bond donors (Lipinski definition) is 1. The Morgan fingerprint density at radius 2 is 1.85 bits per heavy atom. The molecule has 1 atom stereocenters. The van der Waals surface area contributed by atoms with Gasteiger partial charge < -0.3 is 4.55 Å². The number of aromatic nitrogens is 3. The number of hydrogen-bond acceptors (Lipinski definition) is 5. The quantitative estimate of drug-likeness (QED) is 0.615. The standard InChI is InChI=1S/C17H15ClN4O4S/c18-14-6-4-12(5-7-14)11-21-16(23)10-19-22(17(21)24)15-3-1-2-13(8-15)9-20-27(25)26/h1-8,10,20H,9,11H2,(H,25,26)/p-1. The molecule has 2 aromatic carbocycles. The topological polar surface area (TPSA) is 109 Å². The van der Waals surface area contributed by atoms with Crippen molar-refractivity contribution in [1.29, 1.82) is 0 Å². The van der Waals surface area contributed by atoms with E-state index in [2.05, 4.69) is 9.82 Å². The molecule has 0 aliphatic rings. The zero-order valence-electron chi connectivity index (χ0n) is 13.9. The zero-order valence-corrected chi connectivity index (χ0v) is 15.4. The van der Waals surface area contributed by atoms with Crippen LogP contribution in [0.25, 0.3) is 5.69 Å². The summed E-state index contributed by atoms with van der Waals surface area (Å²) in [7, 11) is 0. The van der Waals surface area contributed by atoms with Crippen molar-refractivity contribution in [2.45, 2.75) is 13.1 Å². The number of rotatable bonds is 6. The fourth-order valence-electron chi connectivity index (χ4n) is 2.47. The summed E-state index contributed by atoms with van der Waals surface area (Å²) in [5, 5.41) is 4.47. The van der Waals surface area contributed by atoms with E-state index in [1.54, 1.807) is 48.5 Å². The Bertz CT molecular complexity index is 1100. The van der Waals surface area contributed by atoms with E-state index in [9.17, 15) is 18.4 Å². The van der Waals surface area contributed by atoms with Gasteiger partial charge in [0.05, 0.1) is 12.2 Å². The van der Waals surface area contributed by atoms with Crippen LogP contribution in [0.3, 0.4) is 0 Å². The molecular formula is C17H14ClN4O4S-. The van der Waals surface area contributed by atoms with Crippen molar-refractivity contribution >= 4 is 22.9 Å². The van der Waals surface area contributed by atoms with Crippen molar-refractivity contribution in [3.8, 4) is 5.69 Å². The van der Waals surface area contributed by atoms with Crippen molar-refractivity contribution in [3.05, 3.63) is 91.7 Å². The molecule has 1 N–H and O–H groups in total. The minimum absolute atomic E-state index is 0.0725. The molecule has 0 aliphatic carbocycles. The molecule has 0 fully saturated rings. The van der Waals surface area contributed by atoms with E-state index in [4.69, 9.17) is 11.6 Å². The van der Waals surface area contributed by atoms with Crippen LogP contribution < -0.4 is 16.0 Å². The third-order valence-electron chi connectivity index (χ3n) is 3.76.